The summed E-state index contributed by atoms with van der Waals surface area (Å²) in [5.41, 5.74) is 10.1. The molecule has 6 heteroatoms. The van der Waals surface area contributed by atoms with Crippen molar-refractivity contribution in [1.29, 1.82) is 0 Å². The first kappa shape index (κ1) is 18.3. The summed E-state index contributed by atoms with van der Waals surface area (Å²) in [5.74, 6) is 2.85. The highest BCUT2D eigenvalue weighted by Crippen LogP contribution is 2.31. The number of aromatic nitrogens is 2. The molecule has 0 bridgehead atoms. The van der Waals surface area contributed by atoms with Gasteiger partial charge in [0, 0.05) is 42.1 Å². The summed E-state index contributed by atoms with van der Waals surface area (Å²) in [6.07, 6.45) is 13.4. The number of aliphatic imine (C=N–C) groups is 1. The van der Waals surface area contributed by atoms with Gasteiger partial charge in [0.2, 0.25) is 0 Å². The van der Waals surface area contributed by atoms with Crippen LogP contribution in [0.2, 0.25) is 0 Å². The number of fused-ring (bicyclic) bond motifs is 1. The van der Waals surface area contributed by atoms with E-state index in [0.29, 0.717) is 24.4 Å². The quantitative estimate of drug-likeness (QED) is 0.832. The summed E-state index contributed by atoms with van der Waals surface area (Å²) in [5, 5.41) is 0. The molecule has 0 saturated carbocycles. The van der Waals surface area contributed by atoms with Crippen molar-refractivity contribution in [2.45, 2.75) is 19.8 Å². The molecule has 0 atom stereocenters. The van der Waals surface area contributed by atoms with Gasteiger partial charge in [0.1, 0.15) is 12.2 Å². The van der Waals surface area contributed by atoms with Gasteiger partial charge < -0.3 is 10.6 Å². The highest BCUT2D eigenvalue weighted by molar-refractivity contribution is 6.05. The number of terminal acetylenes is 1. The van der Waals surface area contributed by atoms with Gasteiger partial charge in [-0.1, -0.05) is 25.0 Å². The van der Waals surface area contributed by atoms with Crippen LogP contribution in [-0.2, 0) is 4.79 Å². The molecule has 6 nitrogen and oxygen atoms in total. The average Bonchev–Trinajstić information content (AvgIpc) is 2.85. The number of nitrogens with two attached hydrogens (primary N) is 1. The molecule has 1 aliphatic heterocycles. The predicted octanol–water partition coefficient (Wildman–Crippen LogP) is 2.79. The fourth-order valence-electron chi connectivity index (χ4n) is 2.99. The van der Waals surface area contributed by atoms with Crippen LogP contribution in [0.15, 0.2) is 47.5 Å². The number of benzene rings is 1. The largest absolute Gasteiger partial charge is 0.387 e. The van der Waals surface area contributed by atoms with E-state index in [1.54, 1.807) is 17.3 Å². The second kappa shape index (κ2) is 8.28. The normalized spacial score (nSPS) is 12.9. The molecule has 2 aromatic rings. The third kappa shape index (κ3) is 4.21. The van der Waals surface area contributed by atoms with Gasteiger partial charge in [-0.2, -0.15) is 0 Å². The summed E-state index contributed by atoms with van der Waals surface area (Å²) in [4.78, 5) is 27.2. The zero-order valence-corrected chi connectivity index (χ0v) is 15.2. The van der Waals surface area contributed by atoms with Gasteiger partial charge in [0.15, 0.2) is 0 Å². The predicted molar refractivity (Wildman–Crippen MR) is 107 cm³/mol. The Morgan fingerprint density at radius 3 is 2.78 bits per heavy atom. The number of carbonyl (C=O) groups excluding carboxylic acids is 1. The van der Waals surface area contributed by atoms with Crippen molar-refractivity contribution < 1.29 is 4.79 Å². The Balaban J connectivity index is 1.98. The Bertz CT molecular complexity index is 941. The van der Waals surface area contributed by atoms with Crippen LogP contribution in [0.25, 0.3) is 17.2 Å². The van der Waals surface area contributed by atoms with E-state index in [9.17, 15) is 4.79 Å². The lowest BCUT2D eigenvalue weighted by atomic mass is 10.0. The van der Waals surface area contributed by atoms with Crippen LogP contribution in [0.5, 0.6) is 0 Å². The molecule has 0 unspecified atom stereocenters. The zero-order chi connectivity index (χ0) is 19.2. The highest BCUT2D eigenvalue weighted by atomic mass is 16.2. The smallest absolute Gasteiger partial charge is 0.251 e. The van der Waals surface area contributed by atoms with Gasteiger partial charge in [-0.05, 0) is 24.1 Å². The molecule has 136 valence electrons. The van der Waals surface area contributed by atoms with E-state index < -0.39 is 0 Å². The molecule has 0 fully saturated rings. The zero-order valence-electron chi connectivity index (χ0n) is 15.2. The van der Waals surface area contributed by atoms with E-state index in [1.165, 1.54) is 6.33 Å². The van der Waals surface area contributed by atoms with Gasteiger partial charge in [-0.3, -0.25) is 4.79 Å². The first-order chi connectivity index (χ1) is 13.1. The highest BCUT2D eigenvalue weighted by Gasteiger charge is 2.21. The maximum absolute atomic E-state index is 12.9. The maximum atomic E-state index is 12.9. The summed E-state index contributed by atoms with van der Waals surface area (Å²) in [6, 6.07) is 5.81. The van der Waals surface area contributed by atoms with E-state index in [-0.39, 0.29) is 12.5 Å². The summed E-state index contributed by atoms with van der Waals surface area (Å²) in [7, 11) is 0. The van der Waals surface area contributed by atoms with Crippen LogP contribution < -0.4 is 5.73 Å². The van der Waals surface area contributed by atoms with Crippen molar-refractivity contribution in [1.82, 2.24) is 14.9 Å². The number of hydrogen-bond donors (Lipinski definition) is 1. The van der Waals surface area contributed by atoms with E-state index in [0.717, 1.165) is 28.8 Å². The molecule has 3 rings (SSSR count). The van der Waals surface area contributed by atoms with Gasteiger partial charge in [-0.25, -0.2) is 15.0 Å². The Morgan fingerprint density at radius 1 is 1.30 bits per heavy atom. The molecule has 2 N–H and O–H groups in total. The topological polar surface area (TPSA) is 84.5 Å². The lowest BCUT2D eigenvalue weighted by Crippen LogP contribution is -2.34. The summed E-state index contributed by atoms with van der Waals surface area (Å²) < 4.78 is 0. The molecule has 27 heavy (non-hydrogen) atoms. The molecule has 1 aromatic carbocycles. The van der Waals surface area contributed by atoms with Gasteiger partial charge in [-0.15, -0.1) is 6.42 Å². The minimum atomic E-state index is -0.0960. The Morgan fingerprint density at radius 2 is 2.07 bits per heavy atom. The molecular weight excluding hydrogens is 338 g/mol. The van der Waals surface area contributed by atoms with Gasteiger partial charge >= 0.3 is 0 Å². The molecule has 0 saturated heterocycles. The van der Waals surface area contributed by atoms with Crippen LogP contribution in [0, 0.1) is 12.3 Å². The molecule has 0 aliphatic carbocycles. The van der Waals surface area contributed by atoms with Crippen molar-refractivity contribution in [2.24, 2.45) is 10.7 Å². The van der Waals surface area contributed by atoms with Gasteiger partial charge in [0.25, 0.3) is 5.91 Å². The van der Waals surface area contributed by atoms with E-state index >= 15 is 0 Å². The third-order valence-electron chi connectivity index (χ3n) is 4.23. The molecule has 1 amide bonds. The van der Waals surface area contributed by atoms with Crippen molar-refractivity contribution in [3.63, 3.8) is 0 Å². The third-order valence-corrected chi connectivity index (χ3v) is 4.23. The van der Waals surface area contributed by atoms with Crippen molar-refractivity contribution in [3.8, 4) is 23.5 Å². The summed E-state index contributed by atoms with van der Waals surface area (Å²) >= 11 is 0. The summed E-state index contributed by atoms with van der Waals surface area (Å²) in [6.45, 7) is 2.90. The van der Waals surface area contributed by atoms with E-state index in [4.69, 9.17) is 12.2 Å². The van der Waals surface area contributed by atoms with Crippen molar-refractivity contribution in [3.05, 3.63) is 48.1 Å². The van der Waals surface area contributed by atoms with Crippen LogP contribution in [0.1, 0.15) is 25.3 Å². The first-order valence-corrected chi connectivity index (χ1v) is 8.78. The second-order valence-electron chi connectivity index (χ2n) is 6.28. The number of carbonyl (C=O) groups is 1. The number of hydrogen-bond acceptors (Lipinski definition) is 5. The van der Waals surface area contributed by atoms with Crippen LogP contribution >= 0.6 is 0 Å². The molecule has 1 aliphatic rings. The monoisotopic (exact) mass is 359 g/mol. The molecule has 0 spiro atoms. The number of amidine groups is 1. The van der Waals surface area contributed by atoms with Gasteiger partial charge in [0.05, 0.1) is 12.2 Å². The number of nitrogens with zero attached hydrogens (tertiary/aromatic N) is 4. The van der Waals surface area contributed by atoms with Crippen LogP contribution in [0.3, 0.4) is 0 Å². The Kier molecular flexibility index (Phi) is 5.62. The Labute approximate surface area is 158 Å². The van der Waals surface area contributed by atoms with Crippen molar-refractivity contribution in [2.75, 3.05) is 13.1 Å². The average molecular weight is 359 g/mol. The molecular formula is C21H21N5O. The number of amides is 1. The standard InChI is InChI=1S/C21H21N5O/c1-3-7-26(8-4-2)21(27)17-9-16-6-5-15(18-12-23-14-24-13-18)10-19(16)25-20(22)11-17/h1,5-6,9-10,12-14H,4,7-8,11H2,2H3,(H2,22,25). The first-order valence-electron chi connectivity index (χ1n) is 8.78. The minimum absolute atomic E-state index is 0.0960. The van der Waals surface area contributed by atoms with Crippen molar-refractivity contribution >= 4 is 23.5 Å². The lowest BCUT2D eigenvalue weighted by Gasteiger charge is -2.20. The van der Waals surface area contributed by atoms with Crippen LogP contribution in [0.4, 0.5) is 5.69 Å². The minimum Gasteiger partial charge on any atom is -0.387 e. The molecule has 1 aromatic heterocycles. The maximum Gasteiger partial charge on any atom is 0.251 e. The SMILES string of the molecule is C#CCN(CCC)C(=O)C1=Cc2ccc(-c3cncnc3)cc2N=C(N)C1. The number of rotatable bonds is 5. The fraction of sp³-hybridized carbons (Fsp3) is 0.238. The molecule has 0 radical (unpaired) electrons. The van der Waals surface area contributed by atoms with E-state index in [1.807, 2.05) is 31.2 Å². The second-order valence-corrected chi connectivity index (χ2v) is 6.28. The Hall–Kier alpha value is -3.46. The lowest BCUT2D eigenvalue weighted by molar-refractivity contribution is -0.126. The fourth-order valence-corrected chi connectivity index (χ4v) is 2.99. The van der Waals surface area contributed by atoms with Crippen LogP contribution in [-0.4, -0.2) is 39.7 Å². The van der Waals surface area contributed by atoms with E-state index in [2.05, 4.69) is 20.9 Å². The molecule has 2 heterocycles.